The summed E-state index contributed by atoms with van der Waals surface area (Å²) in [5, 5.41) is 0.264. The highest BCUT2D eigenvalue weighted by atomic mass is 35.5. The van der Waals surface area contributed by atoms with Gasteiger partial charge in [0, 0.05) is 11.6 Å². The second-order valence-electron chi connectivity index (χ2n) is 4.10. The molecule has 0 radical (unpaired) electrons. The van der Waals surface area contributed by atoms with Gasteiger partial charge in [-0.2, -0.15) is 0 Å². The first-order chi connectivity index (χ1) is 10.1. The molecule has 5 heteroatoms. The fraction of sp³-hybridized carbons (Fsp3) is 0.125. The zero-order valence-electron chi connectivity index (χ0n) is 10.8. The maximum absolute atomic E-state index is 13.7. The van der Waals surface area contributed by atoms with Crippen molar-refractivity contribution in [3.63, 3.8) is 0 Å². The molecule has 0 aliphatic rings. The van der Waals surface area contributed by atoms with E-state index in [-0.39, 0.29) is 23.1 Å². The fourth-order valence-corrected chi connectivity index (χ4v) is 1.90. The van der Waals surface area contributed by atoms with Crippen molar-refractivity contribution in [2.45, 2.75) is 6.61 Å². The van der Waals surface area contributed by atoms with Crippen LogP contribution in [0.1, 0.15) is 11.1 Å². The monoisotopic (exact) mass is 326 g/mol. The predicted molar refractivity (Wildman–Crippen MR) is 79.7 cm³/mol. The number of halogens is 4. The van der Waals surface area contributed by atoms with Crippen LogP contribution in [0, 0.1) is 23.5 Å². The minimum atomic E-state index is -0.490. The zero-order chi connectivity index (χ0) is 15.2. The summed E-state index contributed by atoms with van der Waals surface area (Å²) in [5.74, 6) is 4.75. The van der Waals surface area contributed by atoms with Crippen LogP contribution in [0.5, 0.6) is 5.75 Å². The van der Waals surface area contributed by atoms with E-state index in [1.54, 1.807) is 6.07 Å². The Balaban J connectivity index is 2.08. The zero-order valence-corrected chi connectivity index (χ0v) is 12.3. The molecule has 2 aromatic rings. The standard InChI is InChI=1S/C16H10Cl2F2O/c17-7-1-2-11-4-6-14(9-16(11)20)21-10-12-3-5-13(19)8-15(12)18/h3-6,8-9H,7,10H2. The summed E-state index contributed by atoms with van der Waals surface area (Å²) >= 11 is 11.3. The van der Waals surface area contributed by atoms with Gasteiger partial charge in [-0.1, -0.05) is 29.5 Å². The average Bonchev–Trinajstić information content (AvgIpc) is 2.45. The largest absolute Gasteiger partial charge is 0.489 e. The van der Waals surface area contributed by atoms with Crippen molar-refractivity contribution in [3.05, 3.63) is 64.2 Å². The molecule has 0 unspecified atom stereocenters. The van der Waals surface area contributed by atoms with Gasteiger partial charge in [0.15, 0.2) is 0 Å². The van der Waals surface area contributed by atoms with Crippen LogP contribution in [0.25, 0.3) is 0 Å². The van der Waals surface area contributed by atoms with Crippen molar-refractivity contribution in [3.8, 4) is 17.6 Å². The molecule has 1 nitrogen and oxygen atoms in total. The molecule has 2 aromatic carbocycles. The van der Waals surface area contributed by atoms with E-state index in [2.05, 4.69) is 11.8 Å². The first kappa shape index (κ1) is 15.6. The minimum absolute atomic E-state index is 0.116. The van der Waals surface area contributed by atoms with Crippen LogP contribution < -0.4 is 4.74 Å². The lowest BCUT2D eigenvalue weighted by Gasteiger charge is -2.08. The van der Waals surface area contributed by atoms with Crippen LogP contribution in [-0.4, -0.2) is 5.88 Å². The molecule has 0 spiro atoms. The Bertz CT molecular complexity index is 705. The SMILES string of the molecule is Fc1ccc(COc2ccc(C#CCCl)c(F)c2)c(Cl)c1. The molecule has 0 aromatic heterocycles. The third kappa shape index (κ3) is 4.35. The van der Waals surface area contributed by atoms with Gasteiger partial charge in [0.1, 0.15) is 24.0 Å². The van der Waals surface area contributed by atoms with Gasteiger partial charge < -0.3 is 4.74 Å². The summed E-state index contributed by atoms with van der Waals surface area (Å²) in [6.07, 6.45) is 0. The van der Waals surface area contributed by atoms with E-state index in [1.165, 1.54) is 30.3 Å². The summed E-state index contributed by atoms with van der Waals surface area (Å²) in [6.45, 7) is 0.116. The van der Waals surface area contributed by atoms with Gasteiger partial charge >= 0.3 is 0 Å². The number of hydrogen-bond acceptors (Lipinski definition) is 1. The Morgan fingerprint density at radius 2 is 1.90 bits per heavy atom. The highest BCUT2D eigenvalue weighted by Gasteiger charge is 2.05. The van der Waals surface area contributed by atoms with Crippen LogP contribution in [-0.2, 0) is 6.61 Å². The van der Waals surface area contributed by atoms with Gasteiger partial charge in [-0.15, -0.1) is 11.6 Å². The first-order valence-corrected chi connectivity index (χ1v) is 6.92. The summed E-state index contributed by atoms with van der Waals surface area (Å²) in [6, 6.07) is 8.35. The molecule has 0 fully saturated rings. The number of benzene rings is 2. The predicted octanol–water partition coefficient (Wildman–Crippen LogP) is 4.79. The molecule has 21 heavy (non-hydrogen) atoms. The number of alkyl halides is 1. The highest BCUT2D eigenvalue weighted by molar-refractivity contribution is 6.31. The van der Waals surface area contributed by atoms with Gasteiger partial charge in [0.2, 0.25) is 0 Å². The third-order valence-electron chi connectivity index (χ3n) is 2.64. The average molecular weight is 327 g/mol. The first-order valence-electron chi connectivity index (χ1n) is 6.01. The van der Waals surface area contributed by atoms with Crippen molar-refractivity contribution >= 4 is 23.2 Å². The normalized spacial score (nSPS) is 9.90. The van der Waals surface area contributed by atoms with Crippen molar-refractivity contribution in [1.82, 2.24) is 0 Å². The summed E-state index contributed by atoms with van der Waals surface area (Å²) in [5.41, 5.74) is 0.868. The smallest absolute Gasteiger partial charge is 0.142 e. The molecule has 108 valence electrons. The maximum atomic E-state index is 13.7. The molecule has 0 saturated heterocycles. The molecule has 0 bridgehead atoms. The highest BCUT2D eigenvalue weighted by Crippen LogP contribution is 2.21. The van der Waals surface area contributed by atoms with Gasteiger partial charge in [0.25, 0.3) is 0 Å². The van der Waals surface area contributed by atoms with Crippen LogP contribution in [0.3, 0.4) is 0 Å². The van der Waals surface area contributed by atoms with Crippen LogP contribution in [0.2, 0.25) is 5.02 Å². The van der Waals surface area contributed by atoms with E-state index in [0.717, 1.165) is 0 Å². The van der Waals surface area contributed by atoms with E-state index in [0.29, 0.717) is 11.3 Å². The molecule has 0 N–H and O–H groups in total. The lowest BCUT2D eigenvalue weighted by atomic mass is 10.2. The molecule has 2 rings (SSSR count). The molecular weight excluding hydrogens is 317 g/mol. The van der Waals surface area contributed by atoms with E-state index in [4.69, 9.17) is 27.9 Å². The molecule has 0 aliphatic carbocycles. The minimum Gasteiger partial charge on any atom is -0.489 e. The molecule has 0 amide bonds. The Hall–Kier alpha value is -1.76. The topological polar surface area (TPSA) is 9.23 Å². The van der Waals surface area contributed by atoms with Crippen LogP contribution >= 0.6 is 23.2 Å². The molecule has 0 aliphatic heterocycles. The number of ether oxygens (including phenoxy) is 1. The Kier molecular flexibility index (Phi) is 5.44. The van der Waals surface area contributed by atoms with Crippen molar-refractivity contribution < 1.29 is 13.5 Å². The summed E-state index contributed by atoms with van der Waals surface area (Å²) in [4.78, 5) is 0. The second kappa shape index (κ2) is 7.31. The molecule has 0 atom stereocenters. The molecule has 0 heterocycles. The number of hydrogen-bond donors (Lipinski definition) is 0. The third-order valence-corrected chi connectivity index (χ3v) is 3.13. The van der Waals surface area contributed by atoms with E-state index < -0.39 is 11.6 Å². The lowest BCUT2D eigenvalue weighted by Crippen LogP contribution is -1.97. The molecular formula is C16H10Cl2F2O. The Labute approximate surface area is 131 Å². The van der Waals surface area contributed by atoms with Gasteiger partial charge in [-0.3, -0.25) is 0 Å². The van der Waals surface area contributed by atoms with Crippen molar-refractivity contribution in [2.75, 3.05) is 5.88 Å². The van der Waals surface area contributed by atoms with E-state index in [9.17, 15) is 8.78 Å². The van der Waals surface area contributed by atoms with Crippen LogP contribution in [0.4, 0.5) is 8.78 Å². The fourth-order valence-electron chi connectivity index (χ4n) is 1.62. The maximum Gasteiger partial charge on any atom is 0.142 e. The van der Waals surface area contributed by atoms with Gasteiger partial charge in [0.05, 0.1) is 16.5 Å². The van der Waals surface area contributed by atoms with Crippen molar-refractivity contribution in [1.29, 1.82) is 0 Å². The van der Waals surface area contributed by atoms with Gasteiger partial charge in [-0.05, 0) is 24.3 Å². The summed E-state index contributed by atoms with van der Waals surface area (Å²) < 4.78 is 32.1. The van der Waals surface area contributed by atoms with Crippen LogP contribution in [0.15, 0.2) is 36.4 Å². The Morgan fingerprint density at radius 3 is 2.57 bits per heavy atom. The second-order valence-corrected chi connectivity index (χ2v) is 4.78. The lowest BCUT2D eigenvalue weighted by molar-refractivity contribution is 0.304. The summed E-state index contributed by atoms with van der Waals surface area (Å²) in [7, 11) is 0. The Morgan fingerprint density at radius 1 is 1.10 bits per heavy atom. The van der Waals surface area contributed by atoms with Gasteiger partial charge in [-0.25, -0.2) is 8.78 Å². The van der Waals surface area contributed by atoms with Crippen molar-refractivity contribution in [2.24, 2.45) is 0 Å². The van der Waals surface area contributed by atoms with E-state index in [1.807, 2.05) is 0 Å². The quantitative estimate of drug-likeness (QED) is 0.582. The number of rotatable bonds is 3. The van der Waals surface area contributed by atoms with E-state index >= 15 is 0 Å². The molecule has 0 saturated carbocycles.